The van der Waals surface area contributed by atoms with E-state index >= 15 is 0 Å². The first-order chi connectivity index (χ1) is 10.9. The molecule has 2 N–H and O–H groups in total. The lowest BCUT2D eigenvalue weighted by atomic mass is 10.2. The lowest BCUT2D eigenvalue weighted by molar-refractivity contribution is 0.0779. The molecule has 0 spiro atoms. The van der Waals surface area contributed by atoms with Gasteiger partial charge in [0.25, 0.3) is 0 Å². The van der Waals surface area contributed by atoms with E-state index in [2.05, 4.69) is 34.2 Å². The highest BCUT2D eigenvalue weighted by atomic mass is 35.5. The minimum absolute atomic E-state index is 0. The topological polar surface area (TPSA) is 116 Å². The Morgan fingerprint density at radius 2 is 2.08 bits per heavy atom. The number of hydrogen-bond donors (Lipinski definition) is 1. The number of carbonyl (C=O) groups excluding carboxylic acids is 1. The Morgan fingerprint density at radius 3 is 2.67 bits per heavy atom. The Labute approximate surface area is 150 Å². The van der Waals surface area contributed by atoms with Gasteiger partial charge in [-0.2, -0.15) is 4.98 Å². The highest BCUT2D eigenvalue weighted by molar-refractivity contribution is 7.98. The molecule has 1 amide bonds. The molecule has 0 saturated heterocycles. The molecule has 9 nitrogen and oxygen atoms in total. The molecule has 11 heteroatoms. The summed E-state index contributed by atoms with van der Waals surface area (Å²) in [6.45, 7) is 5.36. The minimum Gasteiger partial charge on any atom is -0.341 e. The van der Waals surface area contributed by atoms with Crippen LogP contribution in [0.5, 0.6) is 0 Å². The van der Waals surface area contributed by atoms with E-state index in [-0.39, 0.29) is 24.2 Å². The summed E-state index contributed by atoms with van der Waals surface area (Å²) in [7, 11) is 3.26. The van der Waals surface area contributed by atoms with Gasteiger partial charge in [-0.05, 0) is 5.92 Å². The van der Waals surface area contributed by atoms with Crippen molar-refractivity contribution in [3.8, 4) is 0 Å². The number of nitrogens with two attached hydrogens (primary N) is 1. The minimum atomic E-state index is -0.317. The molecule has 2 heterocycles. The summed E-state index contributed by atoms with van der Waals surface area (Å²) in [5, 5.41) is 12.8. The summed E-state index contributed by atoms with van der Waals surface area (Å²) in [6, 6.07) is 0. The summed E-state index contributed by atoms with van der Waals surface area (Å²) in [5.41, 5.74) is 5.70. The molecule has 0 saturated carbocycles. The van der Waals surface area contributed by atoms with Crippen LogP contribution in [0, 0.1) is 5.92 Å². The van der Waals surface area contributed by atoms with E-state index in [1.165, 1.54) is 16.7 Å². The number of amides is 1. The standard InChI is InChI=1S/C13H21N7O2S.ClH/c1-8(2)6-20-10(5-14)16-17-13(20)23-7-9-15-11(22-18-9)12(21)19(3)4;/h8H,5-7,14H2,1-4H3;1H. The van der Waals surface area contributed by atoms with Crippen molar-refractivity contribution in [2.24, 2.45) is 11.7 Å². The van der Waals surface area contributed by atoms with Crippen LogP contribution in [0.1, 0.15) is 36.2 Å². The quantitative estimate of drug-likeness (QED) is 0.717. The van der Waals surface area contributed by atoms with Crippen LogP contribution in [0.4, 0.5) is 0 Å². The first kappa shape index (κ1) is 20.4. The maximum Gasteiger partial charge on any atom is 0.316 e. The predicted molar refractivity (Wildman–Crippen MR) is 91.9 cm³/mol. The summed E-state index contributed by atoms with van der Waals surface area (Å²) in [5.74, 6) is 1.74. The van der Waals surface area contributed by atoms with Crippen molar-refractivity contribution in [1.82, 2.24) is 29.8 Å². The summed E-state index contributed by atoms with van der Waals surface area (Å²) in [4.78, 5) is 17.2. The first-order valence-electron chi connectivity index (χ1n) is 7.21. The third-order valence-electron chi connectivity index (χ3n) is 2.91. The van der Waals surface area contributed by atoms with Gasteiger partial charge in [-0.25, -0.2) is 0 Å². The molecule has 0 aliphatic heterocycles. The third kappa shape index (κ3) is 4.92. The molecule has 134 valence electrons. The van der Waals surface area contributed by atoms with Gasteiger partial charge in [-0.1, -0.05) is 30.8 Å². The van der Waals surface area contributed by atoms with Crippen molar-refractivity contribution in [2.75, 3.05) is 14.1 Å². The number of aromatic nitrogens is 5. The fourth-order valence-corrected chi connectivity index (χ4v) is 2.65. The van der Waals surface area contributed by atoms with Gasteiger partial charge < -0.3 is 19.7 Å². The van der Waals surface area contributed by atoms with Gasteiger partial charge in [-0.3, -0.25) is 4.79 Å². The van der Waals surface area contributed by atoms with Crippen LogP contribution in [-0.4, -0.2) is 49.8 Å². The van der Waals surface area contributed by atoms with E-state index in [9.17, 15) is 4.79 Å². The lowest BCUT2D eigenvalue weighted by Crippen LogP contribution is -2.21. The summed E-state index contributed by atoms with van der Waals surface area (Å²) in [6.07, 6.45) is 0. The van der Waals surface area contributed by atoms with Crippen molar-refractivity contribution in [2.45, 2.75) is 37.8 Å². The van der Waals surface area contributed by atoms with Crippen LogP contribution in [0.3, 0.4) is 0 Å². The molecule has 0 fully saturated rings. The van der Waals surface area contributed by atoms with Crippen LogP contribution in [0.2, 0.25) is 0 Å². The molecule has 2 aromatic heterocycles. The summed E-state index contributed by atoms with van der Waals surface area (Å²) >= 11 is 1.44. The number of halogens is 1. The van der Waals surface area contributed by atoms with Crippen molar-refractivity contribution in [1.29, 1.82) is 0 Å². The number of rotatable bonds is 7. The zero-order valence-electron chi connectivity index (χ0n) is 14.1. The van der Waals surface area contributed by atoms with E-state index in [1.54, 1.807) is 14.1 Å². The van der Waals surface area contributed by atoms with Gasteiger partial charge in [0.2, 0.25) is 0 Å². The second-order valence-corrected chi connectivity index (χ2v) is 6.55. The molecule has 0 aliphatic carbocycles. The van der Waals surface area contributed by atoms with Crippen LogP contribution in [0.15, 0.2) is 9.68 Å². The van der Waals surface area contributed by atoms with Crippen molar-refractivity contribution in [3.05, 3.63) is 17.5 Å². The fourth-order valence-electron chi connectivity index (χ4n) is 1.85. The van der Waals surface area contributed by atoms with Gasteiger partial charge >= 0.3 is 11.8 Å². The second-order valence-electron chi connectivity index (χ2n) is 5.61. The Kier molecular flexibility index (Phi) is 7.64. The molecule has 0 radical (unpaired) electrons. The molecule has 0 bridgehead atoms. The Morgan fingerprint density at radius 1 is 1.38 bits per heavy atom. The smallest absolute Gasteiger partial charge is 0.316 e. The predicted octanol–water partition coefficient (Wildman–Crippen LogP) is 1.19. The number of nitrogens with zero attached hydrogens (tertiary/aromatic N) is 6. The zero-order valence-corrected chi connectivity index (χ0v) is 15.7. The zero-order chi connectivity index (χ0) is 17.0. The summed E-state index contributed by atoms with van der Waals surface area (Å²) < 4.78 is 6.97. The van der Waals surface area contributed by atoms with Gasteiger partial charge in [0.05, 0.1) is 12.3 Å². The van der Waals surface area contributed by atoms with E-state index < -0.39 is 0 Å². The average molecular weight is 376 g/mol. The highest BCUT2D eigenvalue weighted by Crippen LogP contribution is 2.22. The van der Waals surface area contributed by atoms with Crippen molar-refractivity contribution in [3.63, 3.8) is 0 Å². The maximum absolute atomic E-state index is 11.7. The van der Waals surface area contributed by atoms with Gasteiger partial charge in [-0.15, -0.1) is 22.6 Å². The number of carbonyl (C=O) groups is 1. The monoisotopic (exact) mass is 375 g/mol. The fraction of sp³-hybridized carbons (Fsp3) is 0.615. The molecule has 0 aromatic carbocycles. The van der Waals surface area contributed by atoms with Gasteiger partial charge in [0, 0.05) is 20.6 Å². The largest absolute Gasteiger partial charge is 0.341 e. The molecule has 24 heavy (non-hydrogen) atoms. The van der Waals surface area contributed by atoms with E-state index in [4.69, 9.17) is 10.3 Å². The lowest BCUT2D eigenvalue weighted by Gasteiger charge is -2.10. The van der Waals surface area contributed by atoms with Crippen LogP contribution >= 0.6 is 24.2 Å². The maximum atomic E-state index is 11.7. The van der Waals surface area contributed by atoms with Crippen LogP contribution < -0.4 is 5.73 Å². The Hall–Kier alpha value is -1.65. The average Bonchev–Trinajstić information content (AvgIpc) is 3.10. The molecule has 2 rings (SSSR count). The molecule has 0 atom stereocenters. The molecule has 0 aliphatic rings. The van der Waals surface area contributed by atoms with Gasteiger partial charge in [0.1, 0.15) is 5.82 Å². The van der Waals surface area contributed by atoms with Crippen LogP contribution in [-0.2, 0) is 18.8 Å². The molecule has 2 aromatic rings. The van der Waals surface area contributed by atoms with Crippen molar-refractivity contribution >= 4 is 30.1 Å². The SMILES string of the molecule is CC(C)Cn1c(CN)nnc1SCc1noc(C(=O)N(C)C)n1.Cl. The normalized spacial score (nSPS) is 10.8. The third-order valence-corrected chi connectivity index (χ3v) is 3.87. The Bertz CT molecular complexity index is 671. The molecular formula is C13H22ClN7O2S. The van der Waals surface area contributed by atoms with E-state index in [1.807, 2.05) is 4.57 Å². The van der Waals surface area contributed by atoms with Gasteiger partial charge in [0.15, 0.2) is 11.0 Å². The molecule has 0 unspecified atom stereocenters. The highest BCUT2D eigenvalue weighted by Gasteiger charge is 2.18. The molecular weight excluding hydrogens is 354 g/mol. The van der Waals surface area contributed by atoms with E-state index in [0.717, 1.165) is 17.5 Å². The number of hydrogen-bond acceptors (Lipinski definition) is 8. The van der Waals surface area contributed by atoms with Crippen molar-refractivity contribution < 1.29 is 9.32 Å². The Balaban J connectivity index is 0.00000288. The first-order valence-corrected chi connectivity index (χ1v) is 8.20. The number of thioether (sulfide) groups is 1. The van der Waals surface area contributed by atoms with E-state index in [0.29, 0.717) is 24.0 Å². The van der Waals surface area contributed by atoms with Crippen LogP contribution in [0.25, 0.3) is 0 Å². The second kappa shape index (κ2) is 9.00.